The maximum Gasteiger partial charge on any atom is 0.162 e. The van der Waals surface area contributed by atoms with Gasteiger partial charge in [0.2, 0.25) is 0 Å². The smallest absolute Gasteiger partial charge is 0.162 e. The number of methoxy groups -OCH3 is 1. The molecule has 1 aromatic rings. The standard InChI is InChI=1S/C18H25NO2/c1-21-16-4-2-3-15(17(16)20)11-19-18-8-12-5-13(9-18)7-14(6-12)10-18/h2-4,12-14,19-20H,5-11H2,1H3. The molecule has 4 aliphatic carbocycles. The number of para-hydroxylation sites is 1. The Balaban J connectivity index is 1.50. The van der Waals surface area contributed by atoms with Crippen molar-refractivity contribution >= 4 is 0 Å². The number of hydrogen-bond acceptors (Lipinski definition) is 3. The van der Waals surface area contributed by atoms with Crippen molar-refractivity contribution in [1.29, 1.82) is 0 Å². The zero-order valence-corrected chi connectivity index (χ0v) is 12.8. The van der Waals surface area contributed by atoms with Gasteiger partial charge in [0.05, 0.1) is 7.11 Å². The fourth-order valence-corrected chi connectivity index (χ4v) is 5.49. The van der Waals surface area contributed by atoms with E-state index < -0.39 is 0 Å². The molecule has 0 radical (unpaired) electrons. The van der Waals surface area contributed by atoms with Crippen LogP contribution in [0.4, 0.5) is 0 Å². The van der Waals surface area contributed by atoms with Crippen molar-refractivity contribution in [2.24, 2.45) is 17.8 Å². The summed E-state index contributed by atoms with van der Waals surface area (Å²) in [7, 11) is 1.60. The molecule has 4 aliphatic rings. The van der Waals surface area contributed by atoms with E-state index in [-0.39, 0.29) is 5.75 Å². The Morgan fingerprint density at radius 2 is 1.76 bits per heavy atom. The highest BCUT2D eigenvalue weighted by Crippen LogP contribution is 2.55. The lowest BCUT2D eigenvalue weighted by Gasteiger charge is -2.57. The Morgan fingerprint density at radius 1 is 1.14 bits per heavy atom. The van der Waals surface area contributed by atoms with E-state index in [0.29, 0.717) is 11.3 Å². The summed E-state index contributed by atoms with van der Waals surface area (Å²) in [5.74, 6) is 3.70. The van der Waals surface area contributed by atoms with E-state index in [1.807, 2.05) is 18.2 Å². The van der Waals surface area contributed by atoms with Gasteiger partial charge in [-0.2, -0.15) is 0 Å². The van der Waals surface area contributed by atoms with Gasteiger partial charge in [-0.15, -0.1) is 0 Å². The Morgan fingerprint density at radius 3 is 2.33 bits per heavy atom. The second kappa shape index (κ2) is 4.91. The first-order valence-electron chi connectivity index (χ1n) is 8.27. The summed E-state index contributed by atoms with van der Waals surface area (Å²) < 4.78 is 5.20. The third kappa shape index (κ3) is 2.32. The molecule has 0 heterocycles. The summed E-state index contributed by atoms with van der Waals surface area (Å²) in [6.07, 6.45) is 8.40. The van der Waals surface area contributed by atoms with Crippen molar-refractivity contribution < 1.29 is 9.84 Å². The van der Waals surface area contributed by atoms with Gasteiger partial charge < -0.3 is 15.2 Å². The summed E-state index contributed by atoms with van der Waals surface area (Å²) in [5, 5.41) is 14.1. The maximum atomic E-state index is 10.2. The minimum atomic E-state index is 0.289. The van der Waals surface area contributed by atoms with E-state index >= 15 is 0 Å². The second-order valence-electron chi connectivity index (χ2n) is 7.52. The van der Waals surface area contributed by atoms with Crippen molar-refractivity contribution in [1.82, 2.24) is 5.32 Å². The van der Waals surface area contributed by atoms with E-state index in [0.717, 1.165) is 29.9 Å². The minimum Gasteiger partial charge on any atom is -0.504 e. The molecule has 0 aromatic heterocycles. The highest BCUT2D eigenvalue weighted by atomic mass is 16.5. The number of aromatic hydroxyl groups is 1. The summed E-state index contributed by atoms with van der Waals surface area (Å²) in [4.78, 5) is 0. The lowest BCUT2D eigenvalue weighted by atomic mass is 9.53. The van der Waals surface area contributed by atoms with Gasteiger partial charge >= 0.3 is 0 Å². The zero-order chi connectivity index (χ0) is 14.4. The van der Waals surface area contributed by atoms with Crippen molar-refractivity contribution in [3.05, 3.63) is 23.8 Å². The fraction of sp³-hybridized carbons (Fsp3) is 0.667. The van der Waals surface area contributed by atoms with Gasteiger partial charge in [0.15, 0.2) is 11.5 Å². The largest absolute Gasteiger partial charge is 0.504 e. The topological polar surface area (TPSA) is 41.5 Å². The monoisotopic (exact) mass is 287 g/mol. The molecule has 0 atom stereocenters. The molecule has 5 rings (SSSR count). The summed E-state index contributed by atoms with van der Waals surface area (Å²) in [5.41, 5.74) is 1.29. The number of hydrogen-bond donors (Lipinski definition) is 2. The van der Waals surface area contributed by atoms with Gasteiger partial charge in [0.1, 0.15) is 0 Å². The molecule has 114 valence electrons. The molecule has 1 aromatic carbocycles. The van der Waals surface area contributed by atoms with Gasteiger partial charge in [-0.05, 0) is 62.3 Å². The van der Waals surface area contributed by atoms with Crippen LogP contribution >= 0.6 is 0 Å². The van der Waals surface area contributed by atoms with Crippen LogP contribution in [0.1, 0.15) is 44.1 Å². The van der Waals surface area contributed by atoms with E-state index in [1.165, 1.54) is 38.5 Å². The van der Waals surface area contributed by atoms with Crippen LogP contribution < -0.4 is 10.1 Å². The predicted molar refractivity (Wildman–Crippen MR) is 82.4 cm³/mol. The van der Waals surface area contributed by atoms with Crippen LogP contribution in [0.15, 0.2) is 18.2 Å². The number of phenolic OH excluding ortho intramolecular Hbond substituents is 1. The molecular weight excluding hydrogens is 262 g/mol. The minimum absolute atomic E-state index is 0.289. The Bertz CT molecular complexity index is 505. The average Bonchev–Trinajstić information content (AvgIpc) is 2.45. The van der Waals surface area contributed by atoms with Crippen LogP contribution in [0.3, 0.4) is 0 Å². The normalized spacial score (nSPS) is 36.9. The molecule has 0 aliphatic heterocycles. The van der Waals surface area contributed by atoms with Crippen molar-refractivity contribution in [2.45, 2.75) is 50.6 Å². The van der Waals surface area contributed by atoms with Crippen LogP contribution in [-0.4, -0.2) is 17.8 Å². The average molecular weight is 287 g/mol. The van der Waals surface area contributed by atoms with Gasteiger partial charge in [-0.25, -0.2) is 0 Å². The van der Waals surface area contributed by atoms with Crippen molar-refractivity contribution in [2.75, 3.05) is 7.11 Å². The Kier molecular flexibility index (Phi) is 3.14. The van der Waals surface area contributed by atoms with Crippen LogP contribution in [0, 0.1) is 17.8 Å². The van der Waals surface area contributed by atoms with Gasteiger partial charge in [-0.3, -0.25) is 0 Å². The Labute approximate surface area is 126 Å². The van der Waals surface area contributed by atoms with E-state index in [1.54, 1.807) is 7.11 Å². The molecule has 3 nitrogen and oxygen atoms in total. The molecule has 21 heavy (non-hydrogen) atoms. The fourth-order valence-electron chi connectivity index (χ4n) is 5.49. The first-order chi connectivity index (χ1) is 10.2. The quantitative estimate of drug-likeness (QED) is 0.891. The zero-order valence-electron chi connectivity index (χ0n) is 12.8. The third-order valence-corrected chi connectivity index (χ3v) is 5.99. The third-order valence-electron chi connectivity index (χ3n) is 5.99. The Hall–Kier alpha value is -1.22. The lowest BCUT2D eigenvalue weighted by Crippen LogP contribution is -2.58. The number of nitrogens with one attached hydrogen (secondary N) is 1. The molecule has 0 saturated heterocycles. The highest BCUT2D eigenvalue weighted by molar-refractivity contribution is 5.45. The number of benzene rings is 1. The summed E-state index contributed by atoms with van der Waals surface area (Å²) >= 11 is 0. The van der Waals surface area contributed by atoms with Crippen molar-refractivity contribution in [3.63, 3.8) is 0 Å². The maximum absolute atomic E-state index is 10.2. The van der Waals surface area contributed by atoms with Crippen molar-refractivity contribution in [3.8, 4) is 11.5 Å². The van der Waals surface area contributed by atoms with Crippen LogP contribution in [0.5, 0.6) is 11.5 Å². The summed E-state index contributed by atoms with van der Waals surface area (Å²) in [6.45, 7) is 0.745. The van der Waals surface area contributed by atoms with Gasteiger partial charge in [-0.1, -0.05) is 12.1 Å². The number of rotatable bonds is 4. The van der Waals surface area contributed by atoms with E-state index in [2.05, 4.69) is 5.32 Å². The number of ether oxygens (including phenoxy) is 1. The molecule has 4 saturated carbocycles. The van der Waals surface area contributed by atoms with Crippen LogP contribution in [0.25, 0.3) is 0 Å². The molecular formula is C18H25NO2. The number of phenols is 1. The predicted octanol–water partition coefficient (Wildman–Crippen LogP) is 3.46. The SMILES string of the molecule is COc1cccc(CNC23CC4CC(CC(C4)C2)C3)c1O. The second-order valence-corrected chi connectivity index (χ2v) is 7.52. The lowest BCUT2D eigenvalue weighted by molar-refractivity contribution is -0.0206. The highest BCUT2D eigenvalue weighted by Gasteiger charge is 2.50. The first-order valence-corrected chi connectivity index (χ1v) is 8.27. The van der Waals surface area contributed by atoms with Gasteiger partial charge in [0.25, 0.3) is 0 Å². The molecule has 4 fully saturated rings. The molecule has 2 N–H and O–H groups in total. The first kappa shape index (κ1) is 13.4. The van der Waals surface area contributed by atoms with Crippen LogP contribution in [0.2, 0.25) is 0 Å². The molecule has 4 bridgehead atoms. The molecule has 0 unspecified atom stereocenters. The van der Waals surface area contributed by atoms with Crippen LogP contribution in [-0.2, 0) is 6.54 Å². The van der Waals surface area contributed by atoms with E-state index in [4.69, 9.17) is 4.74 Å². The molecule has 0 amide bonds. The summed E-state index contributed by atoms with van der Waals surface area (Å²) in [6, 6.07) is 5.75. The van der Waals surface area contributed by atoms with E-state index in [9.17, 15) is 5.11 Å². The molecule has 3 heteroatoms. The molecule has 0 spiro atoms. The van der Waals surface area contributed by atoms with Gasteiger partial charge in [0, 0.05) is 17.6 Å².